The molecule has 2 aromatic rings. The molecule has 7 heteroatoms. The van der Waals surface area contributed by atoms with Crippen LogP contribution in [-0.4, -0.2) is 46.0 Å². The van der Waals surface area contributed by atoms with Crippen molar-refractivity contribution >= 4 is 27.5 Å². The summed E-state index contributed by atoms with van der Waals surface area (Å²) >= 11 is 1.60. The number of thiophene rings is 1. The highest BCUT2D eigenvalue weighted by molar-refractivity contribution is 7.18. The van der Waals surface area contributed by atoms with Crippen LogP contribution in [0.4, 0.5) is 0 Å². The fourth-order valence-corrected chi connectivity index (χ4v) is 4.94. The van der Waals surface area contributed by atoms with E-state index in [1.165, 1.54) is 4.88 Å². The van der Waals surface area contributed by atoms with E-state index >= 15 is 0 Å². The predicted molar refractivity (Wildman–Crippen MR) is 104 cm³/mol. The van der Waals surface area contributed by atoms with E-state index in [0.717, 1.165) is 60.4 Å². The minimum atomic E-state index is 0.0966. The summed E-state index contributed by atoms with van der Waals surface area (Å²) in [6, 6.07) is 0.582. The van der Waals surface area contributed by atoms with E-state index in [4.69, 9.17) is 4.98 Å². The van der Waals surface area contributed by atoms with Gasteiger partial charge in [0.2, 0.25) is 5.91 Å². The maximum atomic E-state index is 13.1. The molecule has 0 unspecified atom stereocenters. The summed E-state index contributed by atoms with van der Waals surface area (Å²) in [5.41, 5.74) is 1.16. The summed E-state index contributed by atoms with van der Waals surface area (Å²) < 4.78 is 1.89. The number of nitrogens with one attached hydrogen (secondary N) is 1. The zero-order valence-corrected chi connectivity index (χ0v) is 16.5. The summed E-state index contributed by atoms with van der Waals surface area (Å²) in [4.78, 5) is 34.0. The number of likely N-dealkylation sites (tertiary alicyclic amines) is 1. The van der Waals surface area contributed by atoms with Crippen molar-refractivity contribution in [1.29, 1.82) is 0 Å². The Kier molecular flexibility index (Phi) is 4.61. The molecule has 1 aliphatic carbocycles. The van der Waals surface area contributed by atoms with Crippen molar-refractivity contribution in [1.82, 2.24) is 19.8 Å². The van der Waals surface area contributed by atoms with Gasteiger partial charge in [0.1, 0.15) is 10.7 Å². The minimum Gasteiger partial charge on any atom is -0.352 e. The first-order valence-corrected chi connectivity index (χ1v) is 10.3. The van der Waals surface area contributed by atoms with Gasteiger partial charge in [0, 0.05) is 30.1 Å². The summed E-state index contributed by atoms with van der Waals surface area (Å²) in [6.07, 6.45) is 4.00. The third kappa shape index (κ3) is 3.30. The van der Waals surface area contributed by atoms with Gasteiger partial charge in [-0.2, -0.15) is 0 Å². The van der Waals surface area contributed by atoms with Crippen molar-refractivity contribution in [2.24, 2.45) is 0 Å². The highest BCUT2D eigenvalue weighted by atomic mass is 32.1. The number of aryl methyl sites for hydroxylation is 3. The van der Waals surface area contributed by atoms with Crippen molar-refractivity contribution in [3.63, 3.8) is 0 Å². The number of fused-ring (bicyclic) bond motifs is 1. The lowest BCUT2D eigenvalue weighted by Gasteiger charge is -2.33. The normalized spacial score (nSPS) is 19.2. The highest BCUT2D eigenvalue weighted by Crippen LogP contribution is 2.29. The quantitative estimate of drug-likeness (QED) is 0.892. The highest BCUT2D eigenvalue weighted by Gasteiger charge is 2.27. The SMILES string of the molecule is Cc1sc2nc(C)n(C3CCN(CC(=O)NC4CC4)CC3)c(=O)c2c1C. The van der Waals surface area contributed by atoms with Gasteiger partial charge < -0.3 is 5.32 Å². The Balaban J connectivity index is 1.49. The van der Waals surface area contributed by atoms with Crippen LogP contribution in [0.15, 0.2) is 4.79 Å². The molecule has 0 radical (unpaired) electrons. The Bertz CT molecular complexity index is 904. The predicted octanol–water partition coefficient (Wildman–Crippen LogP) is 2.30. The van der Waals surface area contributed by atoms with Gasteiger partial charge in [-0.15, -0.1) is 11.3 Å². The third-order valence-corrected chi connectivity index (χ3v) is 6.74. The van der Waals surface area contributed by atoms with Gasteiger partial charge >= 0.3 is 0 Å². The molecule has 1 N–H and O–H groups in total. The van der Waals surface area contributed by atoms with Crippen molar-refractivity contribution in [3.8, 4) is 0 Å². The van der Waals surface area contributed by atoms with Crippen molar-refractivity contribution in [3.05, 3.63) is 26.6 Å². The molecule has 26 heavy (non-hydrogen) atoms. The Hall–Kier alpha value is -1.73. The maximum Gasteiger partial charge on any atom is 0.262 e. The molecule has 6 nitrogen and oxygen atoms in total. The first-order chi connectivity index (χ1) is 12.4. The van der Waals surface area contributed by atoms with E-state index in [1.54, 1.807) is 11.3 Å². The molecule has 3 heterocycles. The number of nitrogens with zero attached hydrogens (tertiary/aromatic N) is 3. The second-order valence-corrected chi connectivity index (χ2v) is 8.85. The number of aromatic nitrogens is 2. The lowest BCUT2D eigenvalue weighted by atomic mass is 10.0. The molecular weight excluding hydrogens is 348 g/mol. The van der Waals surface area contributed by atoms with Gasteiger partial charge in [0.05, 0.1) is 11.9 Å². The molecule has 1 aliphatic heterocycles. The lowest BCUT2D eigenvalue weighted by Crippen LogP contribution is -2.43. The van der Waals surface area contributed by atoms with Crippen molar-refractivity contribution in [2.75, 3.05) is 19.6 Å². The molecule has 1 saturated heterocycles. The number of hydrogen-bond acceptors (Lipinski definition) is 5. The molecular formula is C19H26N4O2S. The van der Waals surface area contributed by atoms with Gasteiger partial charge in [0.25, 0.3) is 5.56 Å². The Labute approximate surface area is 157 Å². The van der Waals surface area contributed by atoms with Crippen LogP contribution in [0.1, 0.15) is 48.0 Å². The second kappa shape index (κ2) is 6.78. The maximum absolute atomic E-state index is 13.1. The fraction of sp³-hybridized carbons (Fsp3) is 0.632. The summed E-state index contributed by atoms with van der Waals surface area (Å²) in [5, 5.41) is 3.83. The summed E-state index contributed by atoms with van der Waals surface area (Å²) in [6.45, 7) is 8.14. The van der Waals surface area contributed by atoms with Crippen molar-refractivity contribution in [2.45, 2.75) is 58.5 Å². The van der Waals surface area contributed by atoms with E-state index in [2.05, 4.69) is 10.2 Å². The molecule has 1 amide bonds. The molecule has 4 rings (SSSR count). The van der Waals surface area contributed by atoms with Crippen LogP contribution < -0.4 is 10.9 Å². The Morgan fingerprint density at radius 1 is 1.19 bits per heavy atom. The van der Waals surface area contributed by atoms with E-state index in [1.807, 2.05) is 25.3 Å². The van der Waals surface area contributed by atoms with Crippen LogP contribution in [0.5, 0.6) is 0 Å². The lowest BCUT2D eigenvalue weighted by molar-refractivity contribution is -0.122. The molecule has 0 aromatic carbocycles. The summed E-state index contributed by atoms with van der Waals surface area (Å²) in [7, 11) is 0. The van der Waals surface area contributed by atoms with Crippen LogP contribution >= 0.6 is 11.3 Å². The second-order valence-electron chi connectivity index (χ2n) is 7.65. The third-order valence-electron chi connectivity index (χ3n) is 5.64. The molecule has 1 saturated carbocycles. The molecule has 2 fully saturated rings. The average molecular weight is 375 g/mol. The van der Waals surface area contributed by atoms with Gasteiger partial charge in [0.15, 0.2) is 0 Å². The molecule has 0 bridgehead atoms. The van der Waals surface area contributed by atoms with Crippen molar-refractivity contribution < 1.29 is 4.79 Å². The standard InChI is InChI=1S/C19H26N4O2S/c1-11-12(2)26-18-17(11)19(25)23(13(3)20-18)15-6-8-22(9-7-15)10-16(24)21-14-4-5-14/h14-15H,4-10H2,1-3H3,(H,21,24). The zero-order valence-electron chi connectivity index (χ0n) is 15.7. The first kappa shape index (κ1) is 17.7. The van der Waals surface area contributed by atoms with E-state index in [0.29, 0.717) is 12.6 Å². The van der Waals surface area contributed by atoms with Crippen LogP contribution in [0, 0.1) is 20.8 Å². The molecule has 0 spiro atoms. The summed E-state index contributed by atoms with van der Waals surface area (Å²) in [5.74, 6) is 0.931. The fourth-order valence-electron chi connectivity index (χ4n) is 3.88. The number of piperidine rings is 1. The first-order valence-electron chi connectivity index (χ1n) is 9.44. The topological polar surface area (TPSA) is 67.2 Å². The van der Waals surface area contributed by atoms with Crippen LogP contribution in [0.2, 0.25) is 0 Å². The monoisotopic (exact) mass is 374 g/mol. The van der Waals surface area contributed by atoms with Crippen LogP contribution in [0.3, 0.4) is 0 Å². The number of rotatable bonds is 4. The number of hydrogen-bond donors (Lipinski definition) is 1. The molecule has 2 aliphatic rings. The Morgan fingerprint density at radius 2 is 1.88 bits per heavy atom. The number of amides is 1. The smallest absolute Gasteiger partial charge is 0.262 e. The largest absolute Gasteiger partial charge is 0.352 e. The average Bonchev–Trinajstić information content (AvgIpc) is 3.34. The molecule has 140 valence electrons. The Morgan fingerprint density at radius 3 is 2.54 bits per heavy atom. The number of carbonyl (C=O) groups is 1. The van der Waals surface area contributed by atoms with E-state index in [-0.39, 0.29) is 17.5 Å². The molecule has 0 atom stereocenters. The molecule has 2 aromatic heterocycles. The van der Waals surface area contributed by atoms with Gasteiger partial charge in [-0.1, -0.05) is 0 Å². The zero-order chi connectivity index (χ0) is 18.4. The van der Waals surface area contributed by atoms with Crippen LogP contribution in [-0.2, 0) is 4.79 Å². The van der Waals surface area contributed by atoms with E-state index in [9.17, 15) is 9.59 Å². The minimum absolute atomic E-state index is 0.0966. The van der Waals surface area contributed by atoms with Gasteiger partial charge in [-0.25, -0.2) is 4.98 Å². The van der Waals surface area contributed by atoms with Crippen LogP contribution in [0.25, 0.3) is 10.2 Å². The van der Waals surface area contributed by atoms with Gasteiger partial charge in [-0.3, -0.25) is 19.1 Å². The van der Waals surface area contributed by atoms with Gasteiger partial charge in [-0.05, 0) is 52.0 Å². The number of carbonyl (C=O) groups excluding carboxylic acids is 1. The van der Waals surface area contributed by atoms with E-state index < -0.39 is 0 Å².